The monoisotopic (exact) mass is 406 g/mol. The van der Waals surface area contributed by atoms with Gasteiger partial charge in [-0.1, -0.05) is 6.07 Å². The average Bonchev–Trinajstić information content (AvgIpc) is 2.60. The first kappa shape index (κ1) is 22.9. The van der Waals surface area contributed by atoms with Crippen molar-refractivity contribution in [1.29, 1.82) is 0 Å². The summed E-state index contributed by atoms with van der Waals surface area (Å²) in [5.41, 5.74) is 4.82. The molecule has 1 aromatic rings. The predicted molar refractivity (Wildman–Crippen MR) is 115 cm³/mol. The number of alkyl carbamates (subject to hydrolysis) is 1. The first-order valence-corrected chi connectivity index (χ1v) is 10.0. The minimum atomic E-state index is -0.476. The Bertz CT molecular complexity index is 717. The van der Waals surface area contributed by atoms with E-state index < -0.39 is 5.60 Å². The van der Waals surface area contributed by atoms with Crippen LogP contribution in [0.25, 0.3) is 0 Å². The van der Waals surface area contributed by atoms with Gasteiger partial charge in [0.25, 0.3) is 0 Å². The number of hydrogen-bond acceptors (Lipinski definition) is 5. The third kappa shape index (κ3) is 8.26. The standard InChI is InChI=1S/C20H34N6O3/c1-15-8-9-17-16(14-15)23-18(24-26(17)28)21-10-6-12-25(5)13-7-11-22-19(27)29-20(2,3)4/h8-9,14,26H,6-7,10-13H2,1-5H3,(H,22,27)(H2,21,23,24). The smallest absolute Gasteiger partial charge is 0.407 e. The van der Waals surface area contributed by atoms with Crippen LogP contribution in [0.4, 0.5) is 16.2 Å². The Hall–Kier alpha value is -2.36. The van der Waals surface area contributed by atoms with Gasteiger partial charge in [0.2, 0.25) is 5.96 Å². The normalized spacial score (nSPS) is 17.5. The number of guanidine groups is 1. The van der Waals surface area contributed by atoms with E-state index in [-0.39, 0.29) is 11.3 Å². The first-order chi connectivity index (χ1) is 13.6. The van der Waals surface area contributed by atoms with E-state index in [0.29, 0.717) is 24.7 Å². The summed E-state index contributed by atoms with van der Waals surface area (Å²) in [4.78, 5) is 18.2. The lowest BCUT2D eigenvalue weighted by Crippen LogP contribution is -3.11. The quantitative estimate of drug-likeness (QED) is 0.385. The fourth-order valence-corrected chi connectivity index (χ4v) is 2.87. The van der Waals surface area contributed by atoms with Crippen LogP contribution in [-0.2, 0) is 4.74 Å². The molecule has 0 aromatic heterocycles. The molecule has 9 heteroatoms. The molecule has 162 valence electrons. The maximum Gasteiger partial charge on any atom is 0.407 e. The van der Waals surface area contributed by atoms with Gasteiger partial charge >= 0.3 is 6.09 Å². The van der Waals surface area contributed by atoms with Gasteiger partial charge in [0.15, 0.2) is 5.69 Å². The van der Waals surface area contributed by atoms with Gasteiger partial charge in [0, 0.05) is 19.2 Å². The molecule has 0 bridgehead atoms. The molecule has 1 heterocycles. The topological polar surface area (TPSA) is 105 Å². The van der Waals surface area contributed by atoms with Crippen molar-refractivity contribution in [2.45, 2.75) is 46.1 Å². The molecule has 1 amide bonds. The Morgan fingerprint density at radius 3 is 2.76 bits per heavy atom. The molecular weight excluding hydrogens is 372 g/mol. The molecule has 4 N–H and O–H groups in total. The Morgan fingerprint density at radius 2 is 2.03 bits per heavy atom. The van der Waals surface area contributed by atoms with Gasteiger partial charge in [-0.3, -0.25) is 0 Å². The third-order valence-electron chi connectivity index (χ3n) is 4.26. The zero-order valence-electron chi connectivity index (χ0n) is 18.1. The Labute approximate surface area is 173 Å². The summed E-state index contributed by atoms with van der Waals surface area (Å²) in [6, 6.07) is 5.68. The van der Waals surface area contributed by atoms with E-state index in [1.807, 2.05) is 52.9 Å². The van der Waals surface area contributed by atoms with Gasteiger partial charge in [-0.25, -0.2) is 15.0 Å². The number of fused-ring (bicyclic) bond motifs is 1. The van der Waals surface area contributed by atoms with Crippen molar-refractivity contribution in [2.24, 2.45) is 4.99 Å². The highest BCUT2D eigenvalue weighted by molar-refractivity contribution is 5.96. The van der Waals surface area contributed by atoms with Crippen LogP contribution in [0.15, 0.2) is 23.2 Å². The van der Waals surface area contributed by atoms with Crippen molar-refractivity contribution in [1.82, 2.24) is 15.6 Å². The lowest BCUT2D eigenvalue weighted by Gasteiger charge is -2.30. The van der Waals surface area contributed by atoms with Crippen LogP contribution in [-0.4, -0.2) is 55.8 Å². The molecule has 29 heavy (non-hydrogen) atoms. The zero-order chi connectivity index (χ0) is 21.4. The summed E-state index contributed by atoms with van der Waals surface area (Å²) in [7, 11) is 2.04. The van der Waals surface area contributed by atoms with Crippen LogP contribution in [0.1, 0.15) is 39.2 Å². The minimum absolute atomic E-state index is 0.132. The van der Waals surface area contributed by atoms with E-state index in [4.69, 9.17) is 4.74 Å². The molecule has 0 saturated carbocycles. The summed E-state index contributed by atoms with van der Waals surface area (Å²) < 4.78 is 5.20. The van der Waals surface area contributed by atoms with Crippen LogP contribution in [0.5, 0.6) is 0 Å². The Morgan fingerprint density at radius 1 is 1.31 bits per heavy atom. The largest absolute Gasteiger partial charge is 0.603 e. The molecule has 0 saturated heterocycles. The molecule has 1 aliphatic rings. The molecule has 1 unspecified atom stereocenters. The summed E-state index contributed by atoms with van der Waals surface area (Å²) in [5, 5.41) is 17.9. The van der Waals surface area contributed by atoms with Crippen LogP contribution < -0.4 is 21.2 Å². The summed E-state index contributed by atoms with van der Waals surface area (Å²) in [5.74, 6) is 0.498. The fraction of sp³-hybridized carbons (Fsp3) is 0.600. The van der Waals surface area contributed by atoms with Gasteiger partial charge in [-0.15, -0.1) is 0 Å². The van der Waals surface area contributed by atoms with Gasteiger partial charge in [-0.05, 0) is 72.3 Å². The molecular formula is C20H34N6O3. The number of nitrogens with one attached hydrogen (secondary N) is 4. The number of ether oxygens (including phenoxy) is 1. The number of amides is 1. The number of benzene rings is 1. The summed E-state index contributed by atoms with van der Waals surface area (Å²) in [6.07, 6.45) is 1.34. The van der Waals surface area contributed by atoms with Gasteiger partial charge in [0.1, 0.15) is 11.3 Å². The van der Waals surface area contributed by atoms with Gasteiger partial charge in [-0.2, -0.15) is 5.43 Å². The summed E-state index contributed by atoms with van der Waals surface area (Å²) in [6.45, 7) is 10.5. The van der Waals surface area contributed by atoms with Crippen LogP contribution in [0.3, 0.4) is 0 Å². The van der Waals surface area contributed by atoms with Crippen LogP contribution >= 0.6 is 0 Å². The van der Waals surface area contributed by atoms with Crippen molar-refractivity contribution >= 4 is 23.4 Å². The number of carbonyl (C=O) groups is 1. The molecule has 2 rings (SSSR count). The molecule has 0 spiro atoms. The number of anilines is 1. The van der Waals surface area contributed by atoms with E-state index >= 15 is 0 Å². The van der Waals surface area contributed by atoms with Crippen molar-refractivity contribution in [3.63, 3.8) is 0 Å². The van der Waals surface area contributed by atoms with Crippen molar-refractivity contribution in [2.75, 3.05) is 38.5 Å². The van der Waals surface area contributed by atoms with E-state index in [1.54, 1.807) is 0 Å². The molecule has 0 fully saturated rings. The highest BCUT2D eigenvalue weighted by Gasteiger charge is 2.19. The second-order valence-electron chi connectivity index (χ2n) is 8.30. The highest BCUT2D eigenvalue weighted by Crippen LogP contribution is 2.20. The predicted octanol–water partition coefficient (Wildman–Crippen LogP) is 1.53. The zero-order valence-corrected chi connectivity index (χ0v) is 18.1. The highest BCUT2D eigenvalue weighted by atomic mass is 16.6. The molecule has 0 aliphatic carbocycles. The Kier molecular flexibility index (Phi) is 8.24. The van der Waals surface area contributed by atoms with Crippen molar-refractivity contribution in [3.05, 3.63) is 29.0 Å². The second kappa shape index (κ2) is 10.4. The maximum absolute atomic E-state index is 12.1. The number of carbonyl (C=O) groups excluding carboxylic acids is 1. The Balaban J connectivity index is 1.63. The van der Waals surface area contributed by atoms with Crippen LogP contribution in [0, 0.1) is 12.1 Å². The van der Waals surface area contributed by atoms with E-state index in [1.165, 1.54) is 0 Å². The van der Waals surface area contributed by atoms with Crippen LogP contribution in [0.2, 0.25) is 0 Å². The molecule has 1 aliphatic heterocycles. The maximum atomic E-state index is 12.1. The molecule has 0 radical (unpaired) electrons. The van der Waals surface area contributed by atoms with Crippen molar-refractivity contribution in [3.8, 4) is 0 Å². The van der Waals surface area contributed by atoms with E-state index in [2.05, 4.69) is 26.0 Å². The van der Waals surface area contributed by atoms with E-state index in [9.17, 15) is 10.0 Å². The van der Waals surface area contributed by atoms with Crippen molar-refractivity contribution < 1.29 is 14.7 Å². The summed E-state index contributed by atoms with van der Waals surface area (Å²) >= 11 is 0. The fourth-order valence-electron chi connectivity index (χ4n) is 2.87. The average molecular weight is 407 g/mol. The molecule has 1 atom stereocenters. The van der Waals surface area contributed by atoms with Gasteiger partial charge < -0.3 is 25.5 Å². The number of aliphatic imine (C=N–C) groups is 1. The number of hydrogen-bond donors (Lipinski definition) is 4. The number of aryl methyl sites for hydroxylation is 1. The first-order valence-electron chi connectivity index (χ1n) is 10.0. The molecule has 9 nitrogen and oxygen atoms in total. The van der Waals surface area contributed by atoms with E-state index in [0.717, 1.165) is 37.2 Å². The number of rotatable bonds is 8. The van der Waals surface area contributed by atoms with Gasteiger partial charge in [0.05, 0.1) is 0 Å². The minimum Gasteiger partial charge on any atom is -0.603 e. The number of nitrogens with zero attached hydrogens (tertiary/aromatic N) is 2. The lowest BCUT2D eigenvalue weighted by molar-refractivity contribution is -0.816. The third-order valence-corrected chi connectivity index (χ3v) is 4.26. The second-order valence-corrected chi connectivity index (χ2v) is 8.30. The number of quaternary nitrogens is 1. The lowest BCUT2D eigenvalue weighted by atomic mass is 10.2. The SMILES string of the molecule is Cc1ccc2c(c1)NC(=NCCCN(C)CCCNC(=O)OC(C)(C)C)N[NH+]2[O-]. The molecule has 1 aromatic carbocycles.